The van der Waals surface area contributed by atoms with Crippen molar-refractivity contribution >= 4 is 41.5 Å². The van der Waals surface area contributed by atoms with Gasteiger partial charge in [-0.2, -0.15) is 0 Å². The largest absolute Gasteiger partial charge is 0.357 e. The molecular formula is C18H28IN7O. The number of nitrogens with one attached hydrogen (secondary N) is 3. The third-order valence-electron chi connectivity index (χ3n) is 4.49. The van der Waals surface area contributed by atoms with Crippen molar-refractivity contribution in [2.45, 2.75) is 51.6 Å². The Balaban J connectivity index is 0.00000261. The first-order valence-electron chi connectivity index (χ1n) is 9.36. The molecule has 3 rings (SSSR count). The first-order chi connectivity index (χ1) is 12.8. The van der Waals surface area contributed by atoms with E-state index in [1.807, 2.05) is 35.7 Å². The van der Waals surface area contributed by atoms with Crippen LogP contribution in [0.4, 0.5) is 0 Å². The van der Waals surface area contributed by atoms with E-state index in [4.69, 9.17) is 0 Å². The van der Waals surface area contributed by atoms with Crippen LogP contribution < -0.4 is 16.0 Å². The SMILES string of the molecule is CCNC(=NCc1nnc2ccccn12)NCC(=O)NC1CCCCC1.I. The molecule has 0 aliphatic heterocycles. The van der Waals surface area contributed by atoms with E-state index in [0.29, 0.717) is 18.5 Å². The van der Waals surface area contributed by atoms with Crippen LogP contribution in [0.25, 0.3) is 5.65 Å². The molecule has 0 radical (unpaired) electrons. The number of rotatable bonds is 6. The average Bonchev–Trinajstić information content (AvgIpc) is 3.08. The number of amides is 1. The number of hydrogen-bond acceptors (Lipinski definition) is 4. The lowest BCUT2D eigenvalue weighted by atomic mass is 9.95. The van der Waals surface area contributed by atoms with Crippen LogP contribution in [0.2, 0.25) is 0 Å². The van der Waals surface area contributed by atoms with Gasteiger partial charge in [0, 0.05) is 18.8 Å². The molecule has 1 aliphatic rings. The summed E-state index contributed by atoms with van der Waals surface area (Å²) in [5, 5.41) is 17.6. The van der Waals surface area contributed by atoms with E-state index in [9.17, 15) is 4.79 Å². The van der Waals surface area contributed by atoms with Crippen LogP contribution in [0.15, 0.2) is 29.4 Å². The zero-order chi connectivity index (χ0) is 18.2. The molecule has 8 nitrogen and oxygen atoms in total. The second-order valence-electron chi connectivity index (χ2n) is 6.50. The summed E-state index contributed by atoms with van der Waals surface area (Å²) in [5.74, 6) is 1.36. The lowest BCUT2D eigenvalue weighted by molar-refractivity contribution is -0.120. The molecule has 1 saturated carbocycles. The lowest BCUT2D eigenvalue weighted by Crippen LogP contribution is -2.46. The van der Waals surface area contributed by atoms with Gasteiger partial charge >= 0.3 is 0 Å². The zero-order valence-electron chi connectivity index (χ0n) is 15.6. The maximum Gasteiger partial charge on any atom is 0.239 e. The topological polar surface area (TPSA) is 95.7 Å². The van der Waals surface area contributed by atoms with Crippen LogP contribution in [-0.2, 0) is 11.3 Å². The number of fused-ring (bicyclic) bond motifs is 1. The third-order valence-corrected chi connectivity index (χ3v) is 4.49. The van der Waals surface area contributed by atoms with Gasteiger partial charge in [0.15, 0.2) is 17.4 Å². The molecule has 9 heteroatoms. The summed E-state index contributed by atoms with van der Waals surface area (Å²) in [6, 6.07) is 6.08. The van der Waals surface area contributed by atoms with Gasteiger partial charge in [-0.3, -0.25) is 9.20 Å². The molecule has 1 fully saturated rings. The molecule has 27 heavy (non-hydrogen) atoms. The third kappa shape index (κ3) is 6.33. The van der Waals surface area contributed by atoms with Gasteiger partial charge in [-0.05, 0) is 31.9 Å². The number of halogens is 1. The Kier molecular flexibility index (Phi) is 8.76. The Morgan fingerprint density at radius 3 is 2.81 bits per heavy atom. The van der Waals surface area contributed by atoms with Crippen LogP contribution in [0.3, 0.4) is 0 Å². The summed E-state index contributed by atoms with van der Waals surface area (Å²) in [5.41, 5.74) is 0.794. The summed E-state index contributed by atoms with van der Waals surface area (Å²) < 4.78 is 1.91. The Morgan fingerprint density at radius 2 is 2.04 bits per heavy atom. The highest BCUT2D eigenvalue weighted by Gasteiger charge is 2.15. The normalized spacial score (nSPS) is 15.2. The quantitative estimate of drug-likeness (QED) is 0.330. The molecule has 2 aromatic heterocycles. The van der Waals surface area contributed by atoms with Gasteiger partial charge in [-0.15, -0.1) is 34.2 Å². The number of carbonyl (C=O) groups is 1. The fourth-order valence-corrected chi connectivity index (χ4v) is 3.18. The van der Waals surface area contributed by atoms with Gasteiger partial charge in [0.2, 0.25) is 5.91 Å². The second-order valence-corrected chi connectivity index (χ2v) is 6.50. The number of nitrogens with zero attached hydrogens (tertiary/aromatic N) is 4. The molecule has 0 saturated heterocycles. The van der Waals surface area contributed by atoms with Crippen molar-refractivity contribution in [3.63, 3.8) is 0 Å². The average molecular weight is 485 g/mol. The van der Waals surface area contributed by atoms with E-state index in [2.05, 4.69) is 31.1 Å². The number of pyridine rings is 1. The first-order valence-corrected chi connectivity index (χ1v) is 9.36. The molecule has 1 amide bonds. The zero-order valence-corrected chi connectivity index (χ0v) is 18.0. The van der Waals surface area contributed by atoms with E-state index >= 15 is 0 Å². The molecule has 2 aromatic rings. The molecule has 148 valence electrons. The van der Waals surface area contributed by atoms with Crippen LogP contribution >= 0.6 is 24.0 Å². The van der Waals surface area contributed by atoms with Crippen molar-refractivity contribution in [3.05, 3.63) is 30.2 Å². The van der Waals surface area contributed by atoms with Crippen LogP contribution in [-0.4, -0.2) is 45.6 Å². The minimum Gasteiger partial charge on any atom is -0.357 e. The number of aromatic nitrogens is 3. The fourth-order valence-electron chi connectivity index (χ4n) is 3.18. The first kappa shape index (κ1) is 21.4. The predicted molar refractivity (Wildman–Crippen MR) is 116 cm³/mol. The van der Waals surface area contributed by atoms with E-state index in [0.717, 1.165) is 30.9 Å². The summed E-state index contributed by atoms with van der Waals surface area (Å²) in [4.78, 5) is 16.7. The molecule has 0 spiro atoms. The molecule has 2 heterocycles. The maximum atomic E-state index is 12.1. The summed E-state index contributed by atoms with van der Waals surface area (Å²) in [7, 11) is 0. The molecule has 0 bridgehead atoms. The van der Waals surface area contributed by atoms with E-state index in [1.54, 1.807) is 0 Å². The number of aliphatic imine (C=N–C) groups is 1. The van der Waals surface area contributed by atoms with Crippen molar-refractivity contribution in [1.29, 1.82) is 0 Å². The maximum absolute atomic E-state index is 12.1. The summed E-state index contributed by atoms with van der Waals surface area (Å²) in [6.45, 7) is 3.30. The van der Waals surface area contributed by atoms with Gasteiger partial charge < -0.3 is 16.0 Å². The highest BCUT2D eigenvalue weighted by Crippen LogP contribution is 2.17. The van der Waals surface area contributed by atoms with Gasteiger partial charge in [0.05, 0.1) is 6.54 Å². The molecule has 0 atom stereocenters. The summed E-state index contributed by atoms with van der Waals surface area (Å²) in [6.07, 6.45) is 7.76. The van der Waals surface area contributed by atoms with Crippen molar-refractivity contribution in [2.75, 3.05) is 13.1 Å². The standard InChI is InChI=1S/C18H27N7O.HI/c1-2-19-18(21-13-17(26)22-14-8-4-3-5-9-14)20-12-16-24-23-15-10-6-7-11-25(15)16;/h6-7,10-11,14H,2-5,8-9,12-13H2,1H3,(H,22,26)(H2,19,20,21);1H. The van der Waals surface area contributed by atoms with Gasteiger partial charge in [-0.1, -0.05) is 25.3 Å². The Bertz CT molecular complexity index is 755. The van der Waals surface area contributed by atoms with Gasteiger partial charge in [0.1, 0.15) is 6.54 Å². The Hall–Kier alpha value is -1.91. The molecule has 0 aromatic carbocycles. The number of guanidine groups is 1. The van der Waals surface area contributed by atoms with Crippen molar-refractivity contribution in [2.24, 2.45) is 4.99 Å². The highest BCUT2D eigenvalue weighted by molar-refractivity contribution is 14.0. The smallest absolute Gasteiger partial charge is 0.239 e. The minimum atomic E-state index is 0. The second kappa shape index (κ2) is 11.1. The molecule has 3 N–H and O–H groups in total. The van der Waals surface area contributed by atoms with Crippen LogP contribution in [0.5, 0.6) is 0 Å². The van der Waals surface area contributed by atoms with Crippen molar-refractivity contribution in [1.82, 2.24) is 30.5 Å². The van der Waals surface area contributed by atoms with E-state index < -0.39 is 0 Å². The predicted octanol–water partition coefficient (Wildman–Crippen LogP) is 1.85. The molecule has 1 aliphatic carbocycles. The molecular weight excluding hydrogens is 457 g/mol. The number of hydrogen-bond donors (Lipinski definition) is 3. The van der Waals surface area contributed by atoms with Crippen LogP contribution in [0.1, 0.15) is 44.9 Å². The Labute approximate surface area is 176 Å². The highest BCUT2D eigenvalue weighted by atomic mass is 127. The van der Waals surface area contributed by atoms with Crippen molar-refractivity contribution < 1.29 is 4.79 Å². The van der Waals surface area contributed by atoms with Gasteiger partial charge in [-0.25, -0.2) is 4.99 Å². The van der Waals surface area contributed by atoms with Crippen molar-refractivity contribution in [3.8, 4) is 0 Å². The monoisotopic (exact) mass is 485 g/mol. The fraction of sp³-hybridized carbons (Fsp3) is 0.556. The number of carbonyl (C=O) groups excluding carboxylic acids is 1. The lowest BCUT2D eigenvalue weighted by Gasteiger charge is -2.23. The van der Waals surface area contributed by atoms with E-state index in [1.165, 1.54) is 19.3 Å². The summed E-state index contributed by atoms with van der Waals surface area (Å²) >= 11 is 0. The van der Waals surface area contributed by atoms with E-state index in [-0.39, 0.29) is 36.4 Å². The van der Waals surface area contributed by atoms with Crippen LogP contribution in [0, 0.1) is 0 Å². The molecule has 0 unspecified atom stereocenters. The van der Waals surface area contributed by atoms with Gasteiger partial charge in [0.25, 0.3) is 0 Å². The minimum absolute atomic E-state index is 0. The Morgan fingerprint density at radius 1 is 1.22 bits per heavy atom.